The number of carbonyl (C=O) groups is 1. The third-order valence-electron chi connectivity index (χ3n) is 3.33. The van der Waals surface area contributed by atoms with E-state index < -0.39 is 5.79 Å². The van der Waals surface area contributed by atoms with Crippen molar-refractivity contribution in [2.24, 2.45) is 0 Å². The van der Waals surface area contributed by atoms with Crippen molar-refractivity contribution in [3.63, 3.8) is 0 Å². The van der Waals surface area contributed by atoms with Gasteiger partial charge in [-0.3, -0.25) is 4.79 Å². The summed E-state index contributed by atoms with van der Waals surface area (Å²) in [4.78, 5) is 11.1. The zero-order valence-electron chi connectivity index (χ0n) is 12.1. The number of hydrogen-bond acceptors (Lipinski definition) is 5. The zero-order valence-corrected chi connectivity index (χ0v) is 12.8. The van der Waals surface area contributed by atoms with E-state index in [4.69, 9.17) is 31.5 Å². The number of carbonyl (C=O) groups excluding carboxylic acids is 1. The predicted molar refractivity (Wildman–Crippen MR) is 80.1 cm³/mol. The van der Waals surface area contributed by atoms with Crippen molar-refractivity contribution < 1.29 is 19.0 Å². The van der Waals surface area contributed by atoms with Crippen molar-refractivity contribution in [2.45, 2.75) is 32.0 Å². The van der Waals surface area contributed by atoms with Gasteiger partial charge >= 0.3 is 5.97 Å². The molecule has 0 amide bonds. The van der Waals surface area contributed by atoms with Crippen molar-refractivity contribution in [2.75, 3.05) is 25.6 Å². The second-order valence-corrected chi connectivity index (χ2v) is 5.55. The fourth-order valence-corrected chi connectivity index (χ4v) is 2.42. The first-order valence-electron chi connectivity index (χ1n) is 6.96. The largest absolute Gasteiger partial charge is 0.460 e. The van der Waals surface area contributed by atoms with Gasteiger partial charge in [-0.15, -0.1) is 0 Å². The molecule has 0 aromatic heterocycles. The summed E-state index contributed by atoms with van der Waals surface area (Å²) in [5, 5.41) is 0.593. The van der Waals surface area contributed by atoms with Crippen LogP contribution in [-0.4, -0.2) is 31.6 Å². The molecule has 2 rings (SSSR count). The summed E-state index contributed by atoms with van der Waals surface area (Å²) in [6, 6.07) is 5.26. The third kappa shape index (κ3) is 4.59. The van der Waals surface area contributed by atoms with Gasteiger partial charge in [-0.05, 0) is 36.6 Å². The molecule has 1 saturated heterocycles. The van der Waals surface area contributed by atoms with E-state index >= 15 is 0 Å². The molecule has 0 radical (unpaired) electrons. The second-order valence-electron chi connectivity index (χ2n) is 5.11. The maximum atomic E-state index is 11.1. The van der Waals surface area contributed by atoms with Gasteiger partial charge in [0.05, 0.1) is 13.2 Å². The Hall–Kier alpha value is -1.30. The minimum atomic E-state index is -0.999. The standard InChI is InChI=1S/C15H20ClNO4/c1-11(18)19-10-15(20-6-2-3-7-21-15)9-12-8-13(16)4-5-14(12)17/h4-5,8H,2-3,6-7,9-10,17H2,1H3. The van der Waals surface area contributed by atoms with E-state index in [1.54, 1.807) is 18.2 Å². The van der Waals surface area contributed by atoms with Crippen LogP contribution in [0.15, 0.2) is 18.2 Å². The first-order chi connectivity index (χ1) is 10.0. The van der Waals surface area contributed by atoms with Crippen LogP contribution in [-0.2, 0) is 25.4 Å². The molecule has 0 bridgehead atoms. The van der Waals surface area contributed by atoms with Gasteiger partial charge in [-0.25, -0.2) is 0 Å². The SMILES string of the molecule is CC(=O)OCC1(Cc2cc(Cl)ccc2N)OCCCCO1. The quantitative estimate of drug-likeness (QED) is 0.683. The van der Waals surface area contributed by atoms with Crippen molar-refractivity contribution in [3.05, 3.63) is 28.8 Å². The average Bonchev–Trinajstić information content (AvgIpc) is 2.67. The second kappa shape index (κ2) is 7.11. The summed E-state index contributed by atoms with van der Waals surface area (Å²) in [6.07, 6.45) is 2.20. The molecule has 1 aromatic rings. The van der Waals surface area contributed by atoms with Gasteiger partial charge in [0.15, 0.2) is 0 Å². The Morgan fingerprint density at radius 3 is 2.67 bits per heavy atom. The highest BCUT2D eigenvalue weighted by molar-refractivity contribution is 6.30. The van der Waals surface area contributed by atoms with E-state index in [2.05, 4.69) is 0 Å². The average molecular weight is 314 g/mol. The molecular formula is C15H20ClNO4. The highest BCUT2D eigenvalue weighted by atomic mass is 35.5. The van der Waals surface area contributed by atoms with Crippen LogP contribution in [0, 0.1) is 0 Å². The summed E-state index contributed by atoms with van der Waals surface area (Å²) in [7, 11) is 0. The molecule has 1 aliphatic heterocycles. The first-order valence-corrected chi connectivity index (χ1v) is 7.34. The van der Waals surface area contributed by atoms with Crippen molar-refractivity contribution in [3.8, 4) is 0 Å². The molecule has 1 fully saturated rings. The van der Waals surface area contributed by atoms with Gasteiger partial charge in [0.2, 0.25) is 5.79 Å². The molecule has 5 nitrogen and oxygen atoms in total. The topological polar surface area (TPSA) is 70.8 Å². The lowest BCUT2D eigenvalue weighted by atomic mass is 10.0. The number of nitrogen functional groups attached to an aromatic ring is 1. The lowest BCUT2D eigenvalue weighted by molar-refractivity contribution is -0.247. The van der Waals surface area contributed by atoms with Crippen molar-refractivity contribution in [1.82, 2.24) is 0 Å². The summed E-state index contributed by atoms with van der Waals surface area (Å²) in [6.45, 7) is 2.51. The molecular weight excluding hydrogens is 294 g/mol. The summed E-state index contributed by atoms with van der Waals surface area (Å²) in [5.41, 5.74) is 7.41. The predicted octanol–water partition coefficient (Wildman–Crippen LogP) is 2.55. The van der Waals surface area contributed by atoms with E-state index in [1.807, 2.05) is 0 Å². The smallest absolute Gasteiger partial charge is 0.302 e. The maximum absolute atomic E-state index is 11.1. The van der Waals surface area contributed by atoms with Gasteiger partial charge in [0, 0.05) is 24.1 Å². The summed E-state index contributed by atoms with van der Waals surface area (Å²) < 4.78 is 16.8. The highest BCUT2D eigenvalue weighted by Gasteiger charge is 2.36. The number of rotatable bonds is 4. The third-order valence-corrected chi connectivity index (χ3v) is 3.56. The normalized spacial score (nSPS) is 18.0. The number of benzene rings is 1. The number of esters is 1. The molecule has 116 valence electrons. The fourth-order valence-electron chi connectivity index (χ4n) is 2.23. The van der Waals surface area contributed by atoms with Gasteiger partial charge in [0.1, 0.15) is 6.61 Å². The fraction of sp³-hybridized carbons (Fsp3) is 0.533. The van der Waals surface area contributed by atoms with E-state index in [9.17, 15) is 4.79 Å². The molecule has 1 heterocycles. The number of halogens is 1. The van der Waals surface area contributed by atoms with Gasteiger partial charge in [-0.1, -0.05) is 11.6 Å². The van der Waals surface area contributed by atoms with Gasteiger partial charge in [-0.2, -0.15) is 0 Å². The van der Waals surface area contributed by atoms with Crippen LogP contribution in [0.4, 0.5) is 5.69 Å². The lowest BCUT2D eigenvalue weighted by Gasteiger charge is -2.32. The Balaban J connectivity index is 2.21. The number of nitrogens with two attached hydrogens (primary N) is 1. The molecule has 1 aliphatic rings. The molecule has 2 N–H and O–H groups in total. The number of anilines is 1. The Morgan fingerprint density at radius 2 is 2.05 bits per heavy atom. The van der Waals surface area contributed by atoms with E-state index in [0.717, 1.165) is 18.4 Å². The maximum Gasteiger partial charge on any atom is 0.302 e. The Bertz CT molecular complexity index is 498. The molecule has 0 aliphatic carbocycles. The lowest BCUT2D eigenvalue weighted by Crippen LogP contribution is -2.43. The molecule has 0 spiro atoms. The minimum Gasteiger partial charge on any atom is -0.460 e. The van der Waals surface area contributed by atoms with Crippen molar-refractivity contribution >= 4 is 23.3 Å². The van der Waals surface area contributed by atoms with Crippen LogP contribution < -0.4 is 5.73 Å². The summed E-state index contributed by atoms with van der Waals surface area (Å²) >= 11 is 6.02. The van der Waals surface area contributed by atoms with Crippen LogP contribution in [0.1, 0.15) is 25.3 Å². The van der Waals surface area contributed by atoms with Crippen LogP contribution >= 0.6 is 11.6 Å². The highest BCUT2D eigenvalue weighted by Crippen LogP contribution is 2.28. The van der Waals surface area contributed by atoms with E-state index in [0.29, 0.717) is 30.3 Å². The van der Waals surface area contributed by atoms with Gasteiger partial charge < -0.3 is 19.9 Å². The molecule has 0 unspecified atom stereocenters. The van der Waals surface area contributed by atoms with Crippen molar-refractivity contribution in [1.29, 1.82) is 0 Å². The Kier molecular flexibility index (Phi) is 5.45. The van der Waals surface area contributed by atoms with Crippen LogP contribution in [0.2, 0.25) is 5.02 Å². The van der Waals surface area contributed by atoms with E-state index in [1.165, 1.54) is 6.92 Å². The summed E-state index contributed by atoms with van der Waals surface area (Å²) in [5.74, 6) is -1.37. The molecule has 21 heavy (non-hydrogen) atoms. The Morgan fingerprint density at radius 1 is 1.38 bits per heavy atom. The molecule has 6 heteroatoms. The zero-order chi connectivity index (χ0) is 15.3. The first kappa shape index (κ1) is 16.1. The van der Waals surface area contributed by atoms with Crippen LogP contribution in [0.25, 0.3) is 0 Å². The minimum absolute atomic E-state index is 0.0360. The molecule has 1 aromatic carbocycles. The van der Waals surface area contributed by atoms with Crippen LogP contribution in [0.3, 0.4) is 0 Å². The molecule has 0 atom stereocenters. The number of ether oxygens (including phenoxy) is 3. The molecule has 0 saturated carbocycles. The number of hydrogen-bond donors (Lipinski definition) is 1. The monoisotopic (exact) mass is 313 g/mol. The Labute approximate surface area is 129 Å². The van der Waals surface area contributed by atoms with E-state index in [-0.39, 0.29) is 12.6 Å². The van der Waals surface area contributed by atoms with Crippen LogP contribution in [0.5, 0.6) is 0 Å². The van der Waals surface area contributed by atoms with Gasteiger partial charge in [0.25, 0.3) is 0 Å².